The fourth-order valence-electron chi connectivity index (χ4n) is 3.56. The van der Waals surface area contributed by atoms with Gasteiger partial charge in [0.15, 0.2) is 0 Å². The molecule has 0 aliphatic carbocycles. The first kappa shape index (κ1) is 18.7. The maximum Gasteiger partial charge on any atom is 0.253 e. The van der Waals surface area contributed by atoms with Crippen LogP contribution in [-0.2, 0) is 0 Å². The van der Waals surface area contributed by atoms with E-state index in [1.807, 2.05) is 79.7 Å². The van der Waals surface area contributed by atoms with Crippen molar-refractivity contribution >= 4 is 33.4 Å². The molecule has 0 aliphatic heterocycles. The third-order valence-corrected chi connectivity index (χ3v) is 5.09. The van der Waals surface area contributed by atoms with Gasteiger partial charge in [-0.2, -0.15) is 0 Å². The molecule has 0 fully saturated rings. The zero-order valence-electron chi connectivity index (χ0n) is 16.2. The Morgan fingerprint density at radius 1 is 0.655 bits per heavy atom. The molecular weight excluding hydrogens is 360 g/mol. The molecule has 2 amide bonds. The van der Waals surface area contributed by atoms with E-state index in [2.05, 4.69) is 10.6 Å². The van der Waals surface area contributed by atoms with Crippen molar-refractivity contribution in [2.45, 2.75) is 19.5 Å². The standard InChI is InChI=1S/C25H22N2O2/c1-2-23(26-24(28)21-15-7-11-17-9-3-5-13-19(17)21)27-25(29)22-16-8-12-18-10-4-6-14-20(18)22/h3-16,23H,2H2,1H3,(H,26,28)(H,27,29). The van der Waals surface area contributed by atoms with E-state index < -0.39 is 6.17 Å². The lowest BCUT2D eigenvalue weighted by Gasteiger charge is -2.20. The SMILES string of the molecule is CCC(NC(=O)c1cccc2ccccc12)NC(=O)c1cccc2ccccc12. The van der Waals surface area contributed by atoms with Crippen LogP contribution in [0.3, 0.4) is 0 Å². The smallest absolute Gasteiger partial charge is 0.253 e. The summed E-state index contributed by atoms with van der Waals surface area (Å²) in [6.07, 6.45) is 0.112. The quantitative estimate of drug-likeness (QED) is 0.483. The van der Waals surface area contributed by atoms with Crippen LogP contribution in [0.2, 0.25) is 0 Å². The van der Waals surface area contributed by atoms with Crippen molar-refractivity contribution < 1.29 is 9.59 Å². The fourth-order valence-corrected chi connectivity index (χ4v) is 3.56. The molecule has 0 aromatic heterocycles. The van der Waals surface area contributed by atoms with E-state index in [1.165, 1.54) is 0 Å². The maximum absolute atomic E-state index is 12.9. The number of carbonyl (C=O) groups excluding carboxylic acids is 2. The summed E-state index contributed by atoms with van der Waals surface area (Å²) in [6, 6.07) is 26.8. The Morgan fingerprint density at radius 3 is 1.52 bits per heavy atom. The minimum atomic E-state index is -0.465. The Kier molecular flexibility index (Phi) is 5.25. The predicted molar refractivity (Wildman–Crippen MR) is 117 cm³/mol. The average molecular weight is 382 g/mol. The van der Waals surface area contributed by atoms with E-state index >= 15 is 0 Å². The van der Waals surface area contributed by atoms with Crippen molar-refractivity contribution in [1.82, 2.24) is 10.6 Å². The zero-order chi connectivity index (χ0) is 20.2. The molecule has 144 valence electrons. The van der Waals surface area contributed by atoms with Crippen LogP contribution in [0.5, 0.6) is 0 Å². The molecule has 0 heterocycles. The van der Waals surface area contributed by atoms with Gasteiger partial charge in [0, 0.05) is 11.1 Å². The number of benzene rings is 4. The number of hydrogen-bond acceptors (Lipinski definition) is 2. The van der Waals surface area contributed by atoms with Crippen molar-refractivity contribution in [3.63, 3.8) is 0 Å². The monoisotopic (exact) mass is 382 g/mol. The van der Waals surface area contributed by atoms with Crippen LogP contribution in [0, 0.1) is 0 Å². The third-order valence-electron chi connectivity index (χ3n) is 5.09. The summed E-state index contributed by atoms with van der Waals surface area (Å²) in [6.45, 7) is 1.93. The van der Waals surface area contributed by atoms with Crippen LogP contribution in [0.15, 0.2) is 84.9 Å². The lowest BCUT2D eigenvalue weighted by atomic mass is 10.0. The molecule has 4 aromatic carbocycles. The Labute approximate surface area is 169 Å². The number of amides is 2. The van der Waals surface area contributed by atoms with E-state index in [0.29, 0.717) is 17.5 Å². The van der Waals surface area contributed by atoms with Gasteiger partial charge in [0.1, 0.15) is 6.17 Å². The topological polar surface area (TPSA) is 58.2 Å². The van der Waals surface area contributed by atoms with Gasteiger partial charge >= 0.3 is 0 Å². The van der Waals surface area contributed by atoms with Gasteiger partial charge in [-0.3, -0.25) is 9.59 Å². The zero-order valence-corrected chi connectivity index (χ0v) is 16.2. The van der Waals surface area contributed by atoms with Crippen LogP contribution < -0.4 is 10.6 Å². The molecule has 0 spiro atoms. The molecule has 2 N–H and O–H groups in total. The summed E-state index contributed by atoms with van der Waals surface area (Å²) < 4.78 is 0. The molecule has 4 heteroatoms. The van der Waals surface area contributed by atoms with E-state index in [9.17, 15) is 9.59 Å². The van der Waals surface area contributed by atoms with Crippen molar-refractivity contribution in [1.29, 1.82) is 0 Å². The van der Waals surface area contributed by atoms with Gasteiger partial charge < -0.3 is 10.6 Å². The molecule has 29 heavy (non-hydrogen) atoms. The van der Waals surface area contributed by atoms with Gasteiger partial charge in [-0.1, -0.05) is 79.7 Å². The Balaban J connectivity index is 1.55. The maximum atomic E-state index is 12.9. The van der Waals surface area contributed by atoms with Crippen LogP contribution >= 0.6 is 0 Å². The van der Waals surface area contributed by atoms with Crippen molar-refractivity contribution in [3.8, 4) is 0 Å². The summed E-state index contributed by atoms with van der Waals surface area (Å²) in [5.41, 5.74) is 1.20. The molecule has 4 rings (SSSR count). The highest BCUT2D eigenvalue weighted by molar-refractivity contribution is 6.08. The molecule has 0 aliphatic rings. The largest absolute Gasteiger partial charge is 0.332 e. The molecule has 0 bridgehead atoms. The van der Waals surface area contributed by atoms with Gasteiger partial charge in [0.25, 0.3) is 11.8 Å². The van der Waals surface area contributed by atoms with Gasteiger partial charge in [-0.25, -0.2) is 0 Å². The van der Waals surface area contributed by atoms with Crippen molar-refractivity contribution in [2.24, 2.45) is 0 Å². The highest BCUT2D eigenvalue weighted by Crippen LogP contribution is 2.20. The molecule has 0 radical (unpaired) electrons. The number of hydrogen-bond donors (Lipinski definition) is 2. The molecular formula is C25H22N2O2. The number of rotatable bonds is 5. The van der Waals surface area contributed by atoms with Crippen LogP contribution in [0.25, 0.3) is 21.5 Å². The Hall–Kier alpha value is -3.66. The number of fused-ring (bicyclic) bond motifs is 2. The van der Waals surface area contributed by atoms with Crippen molar-refractivity contribution in [2.75, 3.05) is 0 Å². The van der Waals surface area contributed by atoms with E-state index in [0.717, 1.165) is 21.5 Å². The Bertz CT molecular complexity index is 1100. The minimum Gasteiger partial charge on any atom is -0.332 e. The molecule has 4 nitrogen and oxygen atoms in total. The van der Waals surface area contributed by atoms with Crippen LogP contribution in [0.4, 0.5) is 0 Å². The first-order chi connectivity index (χ1) is 14.2. The van der Waals surface area contributed by atoms with Gasteiger partial charge in [-0.15, -0.1) is 0 Å². The second kappa shape index (κ2) is 8.15. The molecule has 0 unspecified atom stereocenters. The van der Waals surface area contributed by atoms with E-state index in [-0.39, 0.29) is 11.8 Å². The number of carbonyl (C=O) groups is 2. The molecule has 4 aromatic rings. The van der Waals surface area contributed by atoms with Crippen LogP contribution in [-0.4, -0.2) is 18.0 Å². The van der Waals surface area contributed by atoms with Crippen molar-refractivity contribution in [3.05, 3.63) is 96.1 Å². The van der Waals surface area contributed by atoms with E-state index in [4.69, 9.17) is 0 Å². The molecule has 0 saturated heterocycles. The Morgan fingerprint density at radius 2 is 1.07 bits per heavy atom. The number of nitrogens with one attached hydrogen (secondary N) is 2. The first-order valence-corrected chi connectivity index (χ1v) is 9.74. The summed E-state index contributed by atoms with van der Waals surface area (Å²) >= 11 is 0. The fraction of sp³-hybridized carbons (Fsp3) is 0.120. The highest BCUT2D eigenvalue weighted by Gasteiger charge is 2.18. The minimum absolute atomic E-state index is 0.202. The van der Waals surface area contributed by atoms with Crippen LogP contribution in [0.1, 0.15) is 34.1 Å². The first-order valence-electron chi connectivity index (χ1n) is 9.74. The summed E-state index contributed by atoms with van der Waals surface area (Å²) in [7, 11) is 0. The van der Waals surface area contributed by atoms with Gasteiger partial charge in [-0.05, 0) is 40.1 Å². The second-order valence-electron chi connectivity index (χ2n) is 6.96. The lowest BCUT2D eigenvalue weighted by Crippen LogP contribution is -2.47. The van der Waals surface area contributed by atoms with Gasteiger partial charge in [0.2, 0.25) is 0 Å². The highest BCUT2D eigenvalue weighted by atomic mass is 16.2. The summed E-state index contributed by atoms with van der Waals surface area (Å²) in [5, 5.41) is 9.70. The molecule has 0 saturated carbocycles. The normalized spacial score (nSPS) is 11.0. The molecule has 0 atom stereocenters. The average Bonchev–Trinajstić information content (AvgIpc) is 2.77. The second-order valence-corrected chi connectivity index (χ2v) is 6.96. The van der Waals surface area contributed by atoms with E-state index in [1.54, 1.807) is 12.1 Å². The third kappa shape index (κ3) is 3.83. The summed E-state index contributed by atoms with van der Waals surface area (Å²) in [5.74, 6) is -0.404. The lowest BCUT2D eigenvalue weighted by molar-refractivity contribution is 0.0884. The predicted octanol–water partition coefficient (Wildman–Crippen LogP) is 4.89. The summed E-state index contributed by atoms with van der Waals surface area (Å²) in [4.78, 5) is 25.8. The van der Waals surface area contributed by atoms with Gasteiger partial charge in [0.05, 0.1) is 0 Å².